The zero-order valence-electron chi connectivity index (χ0n) is 10.9. The molecule has 4 nitrogen and oxygen atoms in total. The van der Waals surface area contributed by atoms with Crippen molar-refractivity contribution in [1.29, 1.82) is 0 Å². The first kappa shape index (κ1) is 13.1. The zero-order chi connectivity index (χ0) is 13.0. The van der Waals surface area contributed by atoms with Crippen LogP contribution in [0.25, 0.3) is 0 Å². The standard InChI is InChI=1S/C14H20N2O2/c1-15-14(17)11-5-3-10(4-6-11)9-16-12-7-13(8-12)18-2/h3-6,12-13,16H,7-9H2,1-2H3,(H,15,17). The van der Waals surface area contributed by atoms with Gasteiger partial charge >= 0.3 is 0 Å². The number of hydrogen-bond donors (Lipinski definition) is 2. The summed E-state index contributed by atoms with van der Waals surface area (Å²) in [4.78, 5) is 11.4. The minimum absolute atomic E-state index is 0.0450. The molecule has 4 heteroatoms. The van der Waals surface area contributed by atoms with Crippen molar-refractivity contribution in [2.45, 2.75) is 31.5 Å². The molecule has 0 spiro atoms. The molecule has 98 valence electrons. The number of carbonyl (C=O) groups is 1. The van der Waals surface area contributed by atoms with Gasteiger partial charge in [0, 0.05) is 32.3 Å². The van der Waals surface area contributed by atoms with Gasteiger partial charge in [0.25, 0.3) is 5.91 Å². The molecular formula is C14H20N2O2. The monoisotopic (exact) mass is 248 g/mol. The number of methoxy groups -OCH3 is 1. The van der Waals surface area contributed by atoms with Crippen LogP contribution < -0.4 is 10.6 Å². The van der Waals surface area contributed by atoms with E-state index in [1.165, 1.54) is 5.56 Å². The first-order valence-corrected chi connectivity index (χ1v) is 6.30. The molecule has 0 saturated heterocycles. The number of hydrogen-bond acceptors (Lipinski definition) is 3. The maximum Gasteiger partial charge on any atom is 0.251 e. The molecule has 1 aliphatic carbocycles. The summed E-state index contributed by atoms with van der Waals surface area (Å²) in [5, 5.41) is 6.09. The number of benzene rings is 1. The Labute approximate surface area is 108 Å². The van der Waals surface area contributed by atoms with Crippen LogP contribution in [0.1, 0.15) is 28.8 Å². The number of carbonyl (C=O) groups excluding carboxylic acids is 1. The molecule has 1 aromatic carbocycles. The predicted octanol–water partition coefficient (Wildman–Crippen LogP) is 1.31. The highest BCUT2D eigenvalue weighted by atomic mass is 16.5. The first-order valence-electron chi connectivity index (χ1n) is 6.30. The summed E-state index contributed by atoms with van der Waals surface area (Å²) in [7, 11) is 3.40. The second kappa shape index (κ2) is 5.98. The Hall–Kier alpha value is -1.39. The van der Waals surface area contributed by atoms with Crippen molar-refractivity contribution in [2.24, 2.45) is 0 Å². The maximum absolute atomic E-state index is 11.4. The predicted molar refractivity (Wildman–Crippen MR) is 70.5 cm³/mol. The molecule has 0 atom stereocenters. The minimum Gasteiger partial charge on any atom is -0.381 e. The first-order chi connectivity index (χ1) is 8.72. The van der Waals surface area contributed by atoms with Gasteiger partial charge in [0.15, 0.2) is 0 Å². The molecule has 1 amide bonds. The van der Waals surface area contributed by atoms with E-state index in [1.807, 2.05) is 24.3 Å². The summed E-state index contributed by atoms with van der Waals surface area (Å²) in [6, 6.07) is 8.26. The van der Waals surface area contributed by atoms with Crippen LogP contribution in [-0.4, -0.2) is 32.2 Å². The van der Waals surface area contributed by atoms with Crippen molar-refractivity contribution in [2.75, 3.05) is 14.2 Å². The lowest BCUT2D eigenvalue weighted by Gasteiger charge is -2.34. The van der Waals surface area contributed by atoms with Crippen molar-refractivity contribution in [3.8, 4) is 0 Å². The van der Waals surface area contributed by atoms with Gasteiger partial charge in [0.2, 0.25) is 0 Å². The summed E-state index contributed by atoms with van der Waals surface area (Å²) in [6.45, 7) is 0.842. The average Bonchev–Trinajstić information content (AvgIpc) is 2.37. The molecular weight excluding hydrogens is 228 g/mol. The lowest BCUT2D eigenvalue weighted by Crippen LogP contribution is -2.44. The molecule has 2 N–H and O–H groups in total. The van der Waals surface area contributed by atoms with Gasteiger partial charge in [0.05, 0.1) is 6.10 Å². The van der Waals surface area contributed by atoms with E-state index in [0.717, 1.165) is 19.4 Å². The quantitative estimate of drug-likeness (QED) is 0.826. The van der Waals surface area contributed by atoms with Crippen LogP contribution in [0.2, 0.25) is 0 Å². The molecule has 1 fully saturated rings. The highest BCUT2D eigenvalue weighted by Crippen LogP contribution is 2.22. The Morgan fingerprint density at radius 2 is 2.00 bits per heavy atom. The third-order valence-electron chi connectivity index (χ3n) is 3.47. The fourth-order valence-corrected chi connectivity index (χ4v) is 2.11. The van der Waals surface area contributed by atoms with Crippen molar-refractivity contribution < 1.29 is 9.53 Å². The van der Waals surface area contributed by atoms with Crippen LogP contribution >= 0.6 is 0 Å². The Morgan fingerprint density at radius 1 is 1.33 bits per heavy atom. The van der Waals surface area contributed by atoms with Crippen molar-refractivity contribution in [1.82, 2.24) is 10.6 Å². The van der Waals surface area contributed by atoms with E-state index in [2.05, 4.69) is 10.6 Å². The van der Waals surface area contributed by atoms with E-state index >= 15 is 0 Å². The molecule has 0 aromatic heterocycles. The largest absolute Gasteiger partial charge is 0.381 e. The Morgan fingerprint density at radius 3 is 2.56 bits per heavy atom. The number of nitrogens with one attached hydrogen (secondary N) is 2. The minimum atomic E-state index is -0.0450. The van der Waals surface area contributed by atoms with Gasteiger partial charge in [-0.1, -0.05) is 12.1 Å². The van der Waals surface area contributed by atoms with Gasteiger partial charge < -0.3 is 15.4 Å². The van der Waals surface area contributed by atoms with Crippen molar-refractivity contribution in [3.63, 3.8) is 0 Å². The fraction of sp³-hybridized carbons (Fsp3) is 0.500. The number of rotatable bonds is 5. The third kappa shape index (κ3) is 3.09. The molecule has 18 heavy (non-hydrogen) atoms. The average molecular weight is 248 g/mol. The second-order valence-corrected chi connectivity index (χ2v) is 4.68. The molecule has 1 saturated carbocycles. The van der Waals surface area contributed by atoms with Crippen LogP contribution in [0.5, 0.6) is 0 Å². The smallest absolute Gasteiger partial charge is 0.251 e. The van der Waals surface area contributed by atoms with Gasteiger partial charge in [-0.2, -0.15) is 0 Å². The lowest BCUT2D eigenvalue weighted by atomic mass is 9.89. The maximum atomic E-state index is 11.4. The van der Waals surface area contributed by atoms with Gasteiger partial charge in [-0.25, -0.2) is 0 Å². The number of amides is 1. The van der Waals surface area contributed by atoms with Gasteiger partial charge in [0.1, 0.15) is 0 Å². The number of ether oxygens (including phenoxy) is 1. The van der Waals surface area contributed by atoms with Crippen LogP contribution in [0.3, 0.4) is 0 Å². The van der Waals surface area contributed by atoms with Crippen LogP contribution in [0, 0.1) is 0 Å². The zero-order valence-corrected chi connectivity index (χ0v) is 10.9. The van der Waals surface area contributed by atoms with Gasteiger partial charge in [-0.05, 0) is 30.5 Å². The molecule has 0 aliphatic heterocycles. The van der Waals surface area contributed by atoms with E-state index in [1.54, 1.807) is 14.2 Å². The van der Waals surface area contributed by atoms with E-state index in [-0.39, 0.29) is 5.91 Å². The highest BCUT2D eigenvalue weighted by Gasteiger charge is 2.28. The topological polar surface area (TPSA) is 50.4 Å². The summed E-state index contributed by atoms with van der Waals surface area (Å²) < 4.78 is 5.24. The van der Waals surface area contributed by atoms with Crippen LogP contribution in [0.4, 0.5) is 0 Å². The molecule has 1 aliphatic rings. The Balaban J connectivity index is 1.78. The van der Waals surface area contributed by atoms with Gasteiger partial charge in [-0.15, -0.1) is 0 Å². The molecule has 0 unspecified atom stereocenters. The van der Waals surface area contributed by atoms with Crippen molar-refractivity contribution in [3.05, 3.63) is 35.4 Å². The lowest BCUT2D eigenvalue weighted by molar-refractivity contribution is 0.0170. The molecule has 0 radical (unpaired) electrons. The van der Waals surface area contributed by atoms with Crippen molar-refractivity contribution >= 4 is 5.91 Å². The molecule has 0 heterocycles. The van der Waals surface area contributed by atoms with Crippen LogP contribution in [-0.2, 0) is 11.3 Å². The Bertz CT molecular complexity index is 397. The third-order valence-corrected chi connectivity index (χ3v) is 3.47. The SMILES string of the molecule is CNC(=O)c1ccc(CNC2CC(OC)C2)cc1. The Kier molecular flexibility index (Phi) is 4.33. The van der Waals surface area contributed by atoms with E-state index < -0.39 is 0 Å². The summed E-state index contributed by atoms with van der Waals surface area (Å²) in [5.41, 5.74) is 1.90. The summed E-state index contributed by atoms with van der Waals surface area (Å²) >= 11 is 0. The highest BCUT2D eigenvalue weighted by molar-refractivity contribution is 5.93. The van der Waals surface area contributed by atoms with Crippen LogP contribution in [0.15, 0.2) is 24.3 Å². The van der Waals surface area contributed by atoms with E-state index in [0.29, 0.717) is 17.7 Å². The van der Waals surface area contributed by atoms with E-state index in [4.69, 9.17) is 4.74 Å². The second-order valence-electron chi connectivity index (χ2n) is 4.68. The summed E-state index contributed by atoms with van der Waals surface area (Å²) in [5.74, 6) is -0.0450. The van der Waals surface area contributed by atoms with E-state index in [9.17, 15) is 4.79 Å². The molecule has 1 aromatic rings. The molecule has 0 bridgehead atoms. The molecule has 2 rings (SSSR count). The van der Waals surface area contributed by atoms with Gasteiger partial charge in [-0.3, -0.25) is 4.79 Å². The summed E-state index contributed by atoms with van der Waals surface area (Å²) in [6.07, 6.45) is 2.61. The fourth-order valence-electron chi connectivity index (χ4n) is 2.11. The normalized spacial score (nSPS) is 22.3.